The molecule has 1 fully saturated rings. The third kappa shape index (κ3) is 4.99. The molecule has 0 saturated carbocycles. The van der Waals surface area contributed by atoms with Gasteiger partial charge >= 0.3 is 6.09 Å². The summed E-state index contributed by atoms with van der Waals surface area (Å²) in [6, 6.07) is 1.53. The Morgan fingerprint density at radius 3 is 2.97 bits per heavy atom. The number of pyridine rings is 1. The van der Waals surface area contributed by atoms with E-state index in [0.29, 0.717) is 54.7 Å². The van der Waals surface area contributed by atoms with Crippen molar-refractivity contribution in [2.75, 3.05) is 19.8 Å². The molecule has 0 bridgehead atoms. The van der Waals surface area contributed by atoms with Crippen LogP contribution < -0.4 is 0 Å². The van der Waals surface area contributed by atoms with Gasteiger partial charge in [0.25, 0.3) is 0 Å². The van der Waals surface area contributed by atoms with E-state index >= 15 is 0 Å². The summed E-state index contributed by atoms with van der Waals surface area (Å²) in [5, 5.41) is 1.24. The van der Waals surface area contributed by atoms with Crippen LogP contribution in [0.3, 0.4) is 0 Å². The number of aromatic nitrogens is 4. The summed E-state index contributed by atoms with van der Waals surface area (Å²) in [5.41, 5.74) is 1.01. The fourth-order valence-corrected chi connectivity index (χ4v) is 3.79. The number of nitrogens with one attached hydrogen (secondary N) is 1. The Morgan fingerprint density at radius 1 is 1.38 bits per heavy atom. The van der Waals surface area contributed by atoms with Gasteiger partial charge in [-0.25, -0.2) is 24.1 Å². The lowest BCUT2D eigenvalue weighted by molar-refractivity contribution is -0.0339. The molecule has 3 aromatic rings. The summed E-state index contributed by atoms with van der Waals surface area (Å²) in [6.45, 7) is 6.72. The fourth-order valence-electron chi connectivity index (χ4n) is 3.63. The van der Waals surface area contributed by atoms with Gasteiger partial charge in [-0.3, -0.25) is 0 Å². The highest BCUT2D eigenvalue weighted by Crippen LogP contribution is 2.28. The predicted molar refractivity (Wildman–Crippen MR) is 118 cm³/mol. The molecule has 1 unspecified atom stereocenters. The monoisotopic (exact) mass is 461 g/mol. The number of nitrogens with zero attached hydrogens (tertiary/aromatic N) is 4. The number of halogens is 2. The maximum Gasteiger partial charge on any atom is 0.410 e. The Kier molecular flexibility index (Phi) is 6.30. The molecule has 1 aliphatic rings. The smallest absolute Gasteiger partial charge is 0.410 e. The summed E-state index contributed by atoms with van der Waals surface area (Å²) in [7, 11) is 0. The van der Waals surface area contributed by atoms with Crippen LogP contribution in [0.5, 0.6) is 0 Å². The van der Waals surface area contributed by atoms with Crippen LogP contribution in [0, 0.1) is 5.82 Å². The van der Waals surface area contributed by atoms with Gasteiger partial charge in [0, 0.05) is 29.9 Å². The quantitative estimate of drug-likeness (QED) is 0.619. The highest BCUT2D eigenvalue weighted by atomic mass is 35.5. The highest BCUT2D eigenvalue weighted by molar-refractivity contribution is 6.31. The Labute approximate surface area is 190 Å². The lowest BCUT2D eigenvalue weighted by Crippen LogP contribution is -2.50. The molecule has 8 nitrogen and oxygen atoms in total. The third-order valence-electron chi connectivity index (χ3n) is 5.13. The molecule has 0 aromatic carbocycles. The molecule has 1 atom stereocenters. The van der Waals surface area contributed by atoms with Crippen molar-refractivity contribution < 1.29 is 18.7 Å². The standard InChI is InChI=1S/C22H25ClFN5O3/c1-22(2,3)32-21(30)29-6-7-31-12-14(29)4-5-18-17(24)11-27-20(28-18)16-10-26-19-15(16)8-13(23)9-25-19/h8-11,14H,4-7,12H2,1-3H3,(H,25,26). The van der Waals surface area contributed by atoms with Crippen molar-refractivity contribution in [1.82, 2.24) is 24.8 Å². The van der Waals surface area contributed by atoms with Gasteiger partial charge in [0.15, 0.2) is 11.6 Å². The molecule has 4 heterocycles. The minimum absolute atomic E-state index is 0.229. The summed E-state index contributed by atoms with van der Waals surface area (Å²) in [6.07, 6.45) is 4.84. The number of morpholine rings is 1. The van der Waals surface area contributed by atoms with Crippen molar-refractivity contribution >= 4 is 28.7 Å². The van der Waals surface area contributed by atoms with Crippen LogP contribution in [0.15, 0.2) is 24.7 Å². The van der Waals surface area contributed by atoms with Crippen LogP contribution in [-0.2, 0) is 15.9 Å². The topological polar surface area (TPSA) is 93.2 Å². The second-order valence-corrected chi connectivity index (χ2v) is 9.12. The van der Waals surface area contributed by atoms with Crippen molar-refractivity contribution in [1.29, 1.82) is 0 Å². The second kappa shape index (κ2) is 8.99. The molecule has 0 spiro atoms. The number of amides is 1. The molecule has 0 radical (unpaired) electrons. The molecule has 1 N–H and O–H groups in total. The minimum Gasteiger partial charge on any atom is -0.444 e. The second-order valence-electron chi connectivity index (χ2n) is 8.68. The summed E-state index contributed by atoms with van der Waals surface area (Å²) < 4.78 is 25.6. The molecule has 0 aliphatic carbocycles. The number of carbonyl (C=O) groups excluding carboxylic acids is 1. The molecule has 1 amide bonds. The normalized spacial score (nSPS) is 17.0. The van der Waals surface area contributed by atoms with E-state index in [2.05, 4.69) is 19.9 Å². The van der Waals surface area contributed by atoms with E-state index in [1.807, 2.05) is 20.8 Å². The third-order valence-corrected chi connectivity index (χ3v) is 5.33. The molecule has 3 aromatic heterocycles. The number of fused-ring (bicyclic) bond motifs is 1. The Bertz CT molecular complexity index is 1130. The Morgan fingerprint density at radius 2 is 2.19 bits per heavy atom. The van der Waals surface area contributed by atoms with Crippen LogP contribution in [0.2, 0.25) is 5.02 Å². The van der Waals surface area contributed by atoms with Crippen molar-refractivity contribution in [2.24, 2.45) is 0 Å². The van der Waals surface area contributed by atoms with Gasteiger partial charge in [-0.05, 0) is 39.7 Å². The van der Waals surface area contributed by atoms with Crippen LogP contribution in [0.1, 0.15) is 32.9 Å². The molecule has 4 rings (SSSR count). The van der Waals surface area contributed by atoms with Crippen molar-refractivity contribution in [3.05, 3.63) is 41.2 Å². The van der Waals surface area contributed by atoms with Crippen LogP contribution in [-0.4, -0.2) is 62.3 Å². The van der Waals surface area contributed by atoms with Crippen molar-refractivity contribution in [3.8, 4) is 11.4 Å². The van der Waals surface area contributed by atoms with Gasteiger partial charge in [0.1, 0.15) is 11.2 Å². The van der Waals surface area contributed by atoms with Gasteiger partial charge in [0.2, 0.25) is 0 Å². The molecule has 10 heteroatoms. The zero-order valence-corrected chi connectivity index (χ0v) is 18.9. The van der Waals surface area contributed by atoms with E-state index in [9.17, 15) is 9.18 Å². The molecule has 1 saturated heterocycles. The summed E-state index contributed by atoms with van der Waals surface area (Å²) in [4.78, 5) is 30.1. The molecule has 32 heavy (non-hydrogen) atoms. The van der Waals surface area contributed by atoms with E-state index in [0.717, 1.165) is 11.6 Å². The number of hydrogen-bond acceptors (Lipinski definition) is 6. The van der Waals surface area contributed by atoms with E-state index in [1.54, 1.807) is 23.4 Å². The Hall–Kier alpha value is -2.78. The number of hydrogen-bond donors (Lipinski definition) is 1. The minimum atomic E-state index is -0.593. The first-order valence-corrected chi connectivity index (χ1v) is 10.8. The first-order valence-electron chi connectivity index (χ1n) is 10.4. The zero-order valence-electron chi connectivity index (χ0n) is 18.2. The SMILES string of the molecule is CC(C)(C)OC(=O)N1CCOCC1CCc1nc(-c2c[nH]c3ncc(Cl)cc23)ncc1F. The molecular weight excluding hydrogens is 437 g/mol. The zero-order chi connectivity index (χ0) is 22.9. The van der Waals surface area contributed by atoms with Gasteiger partial charge in [-0.2, -0.15) is 0 Å². The van der Waals surface area contributed by atoms with Gasteiger partial charge in [0.05, 0.1) is 36.2 Å². The summed E-state index contributed by atoms with van der Waals surface area (Å²) >= 11 is 6.08. The average Bonchev–Trinajstić information content (AvgIpc) is 3.15. The van der Waals surface area contributed by atoms with Crippen LogP contribution >= 0.6 is 11.6 Å². The van der Waals surface area contributed by atoms with E-state index in [-0.39, 0.29) is 11.7 Å². The van der Waals surface area contributed by atoms with Gasteiger partial charge < -0.3 is 19.4 Å². The average molecular weight is 462 g/mol. The predicted octanol–water partition coefficient (Wildman–Crippen LogP) is 4.38. The fraction of sp³-hybridized carbons (Fsp3) is 0.455. The number of rotatable bonds is 4. The largest absolute Gasteiger partial charge is 0.444 e. The van der Waals surface area contributed by atoms with Gasteiger partial charge in [-0.1, -0.05) is 11.6 Å². The lowest BCUT2D eigenvalue weighted by Gasteiger charge is -2.36. The Balaban J connectivity index is 1.53. The number of carbonyl (C=O) groups is 1. The number of ether oxygens (including phenoxy) is 2. The maximum atomic E-state index is 14.5. The van der Waals surface area contributed by atoms with E-state index in [4.69, 9.17) is 21.1 Å². The first kappa shape index (κ1) is 22.4. The number of aromatic amines is 1. The highest BCUT2D eigenvalue weighted by Gasteiger charge is 2.31. The van der Waals surface area contributed by atoms with E-state index < -0.39 is 17.5 Å². The lowest BCUT2D eigenvalue weighted by atomic mass is 10.1. The molecular formula is C22H25ClFN5O3. The van der Waals surface area contributed by atoms with Crippen molar-refractivity contribution in [2.45, 2.75) is 45.3 Å². The molecule has 1 aliphatic heterocycles. The molecule has 170 valence electrons. The summed E-state index contributed by atoms with van der Waals surface area (Å²) in [5.74, 6) is -0.120. The van der Waals surface area contributed by atoms with Crippen molar-refractivity contribution in [3.63, 3.8) is 0 Å². The first-order chi connectivity index (χ1) is 15.2. The van der Waals surface area contributed by atoms with E-state index in [1.165, 1.54) is 0 Å². The van der Waals surface area contributed by atoms with Gasteiger partial charge in [-0.15, -0.1) is 0 Å². The van der Waals surface area contributed by atoms with Crippen LogP contribution in [0.25, 0.3) is 22.4 Å². The number of aryl methyl sites for hydroxylation is 1. The van der Waals surface area contributed by atoms with Crippen LogP contribution in [0.4, 0.5) is 9.18 Å². The number of H-pyrrole nitrogens is 1. The maximum absolute atomic E-state index is 14.5.